The lowest BCUT2D eigenvalue weighted by Crippen LogP contribution is -2.19. The number of nitrogens with zero attached hydrogens (tertiary/aromatic N) is 5. The molecule has 0 unspecified atom stereocenters. The number of aromatic nitrogens is 4. The predicted octanol–water partition coefficient (Wildman–Crippen LogP) is 3.15. The molecular formula is C17H20N6. The summed E-state index contributed by atoms with van der Waals surface area (Å²) in [4.78, 5) is 8.35. The van der Waals surface area contributed by atoms with Gasteiger partial charge in [-0.05, 0) is 37.7 Å². The Kier molecular flexibility index (Phi) is 3.70. The average molecular weight is 308 g/mol. The van der Waals surface area contributed by atoms with Gasteiger partial charge in [-0.3, -0.25) is 4.68 Å². The Morgan fingerprint density at radius 3 is 2.78 bits per heavy atom. The highest BCUT2D eigenvalue weighted by molar-refractivity contribution is 5.48. The van der Waals surface area contributed by atoms with E-state index in [9.17, 15) is 5.26 Å². The lowest BCUT2D eigenvalue weighted by atomic mass is 9.93. The van der Waals surface area contributed by atoms with E-state index in [1.807, 2.05) is 0 Å². The van der Waals surface area contributed by atoms with Gasteiger partial charge < -0.3 is 5.32 Å². The van der Waals surface area contributed by atoms with Crippen LogP contribution in [0.15, 0.2) is 18.6 Å². The van der Waals surface area contributed by atoms with Crippen molar-refractivity contribution in [1.82, 2.24) is 19.7 Å². The van der Waals surface area contributed by atoms with Crippen LogP contribution in [0.5, 0.6) is 0 Å². The molecule has 0 aromatic carbocycles. The molecule has 4 rings (SSSR count). The van der Waals surface area contributed by atoms with Crippen molar-refractivity contribution < 1.29 is 0 Å². The molecule has 2 aliphatic carbocycles. The van der Waals surface area contributed by atoms with Crippen LogP contribution in [0, 0.1) is 11.3 Å². The molecule has 0 amide bonds. The summed E-state index contributed by atoms with van der Waals surface area (Å²) in [6.45, 7) is 0. The van der Waals surface area contributed by atoms with E-state index in [0.29, 0.717) is 17.6 Å². The number of nitrogens with one attached hydrogen (secondary N) is 1. The van der Waals surface area contributed by atoms with Crippen LogP contribution < -0.4 is 5.32 Å². The number of fused-ring (bicyclic) bond motifs is 1. The van der Waals surface area contributed by atoms with Crippen molar-refractivity contribution >= 4 is 5.82 Å². The summed E-state index contributed by atoms with van der Waals surface area (Å²) in [7, 11) is 0. The molecule has 0 aliphatic heterocycles. The van der Waals surface area contributed by atoms with Gasteiger partial charge in [-0.1, -0.05) is 12.8 Å². The lowest BCUT2D eigenvalue weighted by molar-refractivity contribution is 0.459. The van der Waals surface area contributed by atoms with Crippen LogP contribution in [0.2, 0.25) is 0 Å². The van der Waals surface area contributed by atoms with Gasteiger partial charge in [-0.25, -0.2) is 9.97 Å². The first kappa shape index (κ1) is 14.2. The third-order valence-corrected chi connectivity index (χ3v) is 4.92. The molecular weight excluding hydrogens is 288 g/mol. The molecule has 0 bridgehead atoms. The van der Waals surface area contributed by atoms with Crippen molar-refractivity contribution in [3.63, 3.8) is 0 Å². The van der Waals surface area contributed by atoms with Gasteiger partial charge in [-0.2, -0.15) is 10.4 Å². The van der Waals surface area contributed by atoms with Crippen LogP contribution in [0.3, 0.4) is 0 Å². The maximum absolute atomic E-state index is 9.18. The highest BCUT2D eigenvalue weighted by Crippen LogP contribution is 2.35. The van der Waals surface area contributed by atoms with Crippen molar-refractivity contribution in [2.45, 2.75) is 57.0 Å². The third kappa shape index (κ3) is 2.67. The SMILES string of the molecule is N#Cc1nccnc1N[C@H]1CCCc2cn(C3CCCC3)nc21. The molecule has 1 N–H and O–H groups in total. The Labute approximate surface area is 135 Å². The van der Waals surface area contributed by atoms with E-state index in [-0.39, 0.29) is 6.04 Å². The van der Waals surface area contributed by atoms with Gasteiger partial charge in [0.2, 0.25) is 0 Å². The van der Waals surface area contributed by atoms with E-state index in [1.54, 1.807) is 12.4 Å². The van der Waals surface area contributed by atoms with Crippen molar-refractivity contribution in [1.29, 1.82) is 5.26 Å². The Morgan fingerprint density at radius 2 is 1.96 bits per heavy atom. The van der Waals surface area contributed by atoms with Gasteiger partial charge in [0.15, 0.2) is 11.5 Å². The minimum Gasteiger partial charge on any atom is -0.359 e. The molecule has 0 radical (unpaired) electrons. The van der Waals surface area contributed by atoms with Gasteiger partial charge in [-0.15, -0.1) is 0 Å². The number of hydrogen-bond donors (Lipinski definition) is 1. The summed E-state index contributed by atoms with van der Waals surface area (Å²) in [6.07, 6.45) is 13.7. The zero-order valence-corrected chi connectivity index (χ0v) is 13.1. The van der Waals surface area contributed by atoms with E-state index in [2.05, 4.69) is 32.2 Å². The number of nitriles is 1. The zero-order valence-electron chi connectivity index (χ0n) is 13.1. The van der Waals surface area contributed by atoms with Gasteiger partial charge in [0.05, 0.1) is 17.8 Å². The van der Waals surface area contributed by atoms with Crippen LogP contribution in [0.1, 0.15) is 67.6 Å². The minimum atomic E-state index is 0.116. The van der Waals surface area contributed by atoms with E-state index >= 15 is 0 Å². The molecule has 0 saturated heterocycles. The highest BCUT2D eigenvalue weighted by Gasteiger charge is 2.27. The first-order valence-corrected chi connectivity index (χ1v) is 8.40. The smallest absolute Gasteiger partial charge is 0.182 e. The Morgan fingerprint density at radius 1 is 1.13 bits per heavy atom. The number of aryl methyl sites for hydroxylation is 1. The van der Waals surface area contributed by atoms with Gasteiger partial charge in [0.25, 0.3) is 0 Å². The van der Waals surface area contributed by atoms with Crippen molar-refractivity contribution in [2.75, 3.05) is 5.32 Å². The fraction of sp³-hybridized carbons (Fsp3) is 0.529. The van der Waals surface area contributed by atoms with Crippen molar-refractivity contribution in [3.8, 4) is 6.07 Å². The second-order valence-electron chi connectivity index (χ2n) is 6.41. The predicted molar refractivity (Wildman–Crippen MR) is 85.8 cm³/mol. The molecule has 23 heavy (non-hydrogen) atoms. The topological polar surface area (TPSA) is 79.4 Å². The minimum absolute atomic E-state index is 0.116. The average Bonchev–Trinajstić information content (AvgIpc) is 3.25. The van der Waals surface area contributed by atoms with Crippen LogP contribution >= 0.6 is 0 Å². The quantitative estimate of drug-likeness (QED) is 0.942. The Bertz CT molecular complexity index is 738. The van der Waals surface area contributed by atoms with Crippen LogP contribution in [0.25, 0.3) is 0 Å². The van der Waals surface area contributed by atoms with E-state index in [4.69, 9.17) is 5.10 Å². The van der Waals surface area contributed by atoms with Gasteiger partial charge in [0.1, 0.15) is 6.07 Å². The fourth-order valence-electron chi connectivity index (χ4n) is 3.75. The summed E-state index contributed by atoms with van der Waals surface area (Å²) in [5.41, 5.74) is 2.80. The normalized spacial score (nSPS) is 20.9. The second kappa shape index (κ2) is 5.99. The maximum atomic E-state index is 9.18. The maximum Gasteiger partial charge on any atom is 0.182 e. The molecule has 1 atom stereocenters. The Balaban J connectivity index is 1.61. The number of rotatable bonds is 3. The summed E-state index contributed by atoms with van der Waals surface area (Å²) in [5, 5.41) is 17.5. The monoisotopic (exact) mass is 308 g/mol. The lowest BCUT2D eigenvalue weighted by Gasteiger charge is -2.22. The largest absolute Gasteiger partial charge is 0.359 e. The molecule has 6 nitrogen and oxygen atoms in total. The van der Waals surface area contributed by atoms with Crippen LogP contribution in [-0.2, 0) is 6.42 Å². The highest BCUT2D eigenvalue weighted by atomic mass is 15.3. The first-order chi connectivity index (χ1) is 11.3. The molecule has 2 aromatic heterocycles. The molecule has 0 spiro atoms. The van der Waals surface area contributed by atoms with Gasteiger partial charge in [0, 0.05) is 18.6 Å². The number of hydrogen-bond acceptors (Lipinski definition) is 5. The fourth-order valence-corrected chi connectivity index (χ4v) is 3.75. The summed E-state index contributed by atoms with van der Waals surface area (Å²) in [5.74, 6) is 0.559. The third-order valence-electron chi connectivity index (χ3n) is 4.92. The molecule has 6 heteroatoms. The molecule has 2 heterocycles. The van der Waals surface area contributed by atoms with Crippen LogP contribution in [-0.4, -0.2) is 19.7 Å². The molecule has 118 valence electrons. The summed E-state index contributed by atoms with van der Waals surface area (Å²) >= 11 is 0. The standard InChI is InChI=1S/C17H20N6/c18-10-15-17(20-9-8-19-15)21-14-7-3-4-12-11-23(22-16(12)14)13-5-1-2-6-13/h8-9,11,13-14H,1-7H2,(H,20,21)/t14-/m0/s1. The van der Waals surface area contributed by atoms with Crippen molar-refractivity contribution in [3.05, 3.63) is 35.5 Å². The first-order valence-electron chi connectivity index (χ1n) is 8.40. The van der Waals surface area contributed by atoms with Gasteiger partial charge >= 0.3 is 0 Å². The molecule has 2 aliphatic rings. The van der Waals surface area contributed by atoms with E-state index in [0.717, 1.165) is 25.0 Å². The molecule has 1 fully saturated rings. The number of anilines is 1. The molecule has 2 aromatic rings. The second-order valence-corrected chi connectivity index (χ2v) is 6.41. The zero-order chi connectivity index (χ0) is 15.6. The Hall–Kier alpha value is -2.42. The van der Waals surface area contributed by atoms with E-state index in [1.165, 1.54) is 31.2 Å². The van der Waals surface area contributed by atoms with Crippen LogP contribution in [0.4, 0.5) is 5.82 Å². The van der Waals surface area contributed by atoms with E-state index < -0.39 is 0 Å². The summed E-state index contributed by atoms with van der Waals surface area (Å²) < 4.78 is 2.18. The molecule has 1 saturated carbocycles. The van der Waals surface area contributed by atoms with Crippen molar-refractivity contribution in [2.24, 2.45) is 0 Å². The summed E-state index contributed by atoms with van der Waals surface area (Å²) in [6, 6.07) is 2.78.